The Bertz CT molecular complexity index is 237. The first-order valence-electron chi connectivity index (χ1n) is 4.29. The molecule has 0 atom stereocenters. The van der Waals surface area contributed by atoms with Crippen LogP contribution in [0.25, 0.3) is 0 Å². The molecule has 0 aliphatic heterocycles. The summed E-state index contributed by atoms with van der Waals surface area (Å²) < 4.78 is 27.4. The van der Waals surface area contributed by atoms with Gasteiger partial charge in [0.1, 0.15) is 0 Å². The monoisotopic (exact) mass is 232 g/mol. The molecule has 0 saturated heterocycles. The molecule has 0 amide bonds. The fourth-order valence-electron chi connectivity index (χ4n) is 0.510. The Hall–Kier alpha value is -0.0226. The molecule has 2 N–H and O–H groups in total. The van der Waals surface area contributed by atoms with Crippen LogP contribution in [0.3, 0.4) is 0 Å². The van der Waals surface area contributed by atoms with Gasteiger partial charge >= 0.3 is 24.8 Å². The van der Waals surface area contributed by atoms with Crippen molar-refractivity contribution in [1.82, 2.24) is 0 Å². The molecule has 86 valence electrons. The van der Waals surface area contributed by atoms with E-state index in [-0.39, 0.29) is 31.0 Å². The van der Waals surface area contributed by atoms with Gasteiger partial charge < -0.3 is 12.0 Å². The van der Waals surface area contributed by atoms with Gasteiger partial charge in [-0.1, -0.05) is 13.3 Å². The van der Waals surface area contributed by atoms with Crippen LogP contribution in [-0.2, 0) is 14.9 Å². The molecular formula is C8H17LiO5S. The maximum Gasteiger partial charge on any atom is 1.00 e. The van der Waals surface area contributed by atoms with Gasteiger partial charge in [0.15, 0.2) is 0 Å². The van der Waals surface area contributed by atoms with E-state index in [2.05, 4.69) is 6.92 Å². The normalized spacial score (nSPS) is 9.53. The van der Waals surface area contributed by atoms with Crippen molar-refractivity contribution < 1.29 is 41.7 Å². The third-order valence-corrected chi connectivity index (χ3v) is 1.95. The molecule has 0 rings (SSSR count). The predicted octanol–water partition coefficient (Wildman–Crippen LogP) is -1.64. The van der Waals surface area contributed by atoms with Crippen molar-refractivity contribution in [2.24, 2.45) is 0 Å². The van der Waals surface area contributed by atoms with Crippen LogP contribution in [0.5, 0.6) is 0 Å². The average Bonchev–Trinajstić information content (AvgIpc) is 1.99. The summed E-state index contributed by atoms with van der Waals surface area (Å²) in [6.45, 7) is 5.21. The summed E-state index contributed by atoms with van der Waals surface area (Å²) in [5.41, 5.74) is 0. The first-order valence-corrected chi connectivity index (χ1v) is 5.90. The zero-order valence-corrected chi connectivity index (χ0v) is 10.1. The SMILES string of the molecule is CCCCC(=O)O.[CH2-]CCS(=O)(=O)O.[Li+]. The summed E-state index contributed by atoms with van der Waals surface area (Å²) in [5.74, 6) is -0.936. The van der Waals surface area contributed by atoms with Crippen LogP contribution in [-0.4, -0.2) is 29.8 Å². The van der Waals surface area contributed by atoms with E-state index in [1.54, 1.807) is 0 Å². The minimum atomic E-state index is -3.74. The van der Waals surface area contributed by atoms with E-state index in [4.69, 9.17) is 9.66 Å². The van der Waals surface area contributed by atoms with Crippen LogP contribution < -0.4 is 18.9 Å². The fourth-order valence-corrected chi connectivity index (χ4v) is 0.875. The zero-order chi connectivity index (χ0) is 11.6. The third-order valence-electron chi connectivity index (χ3n) is 1.15. The molecule has 0 bridgehead atoms. The molecule has 7 heteroatoms. The van der Waals surface area contributed by atoms with E-state index in [0.717, 1.165) is 12.8 Å². The quantitative estimate of drug-likeness (QED) is 0.337. The van der Waals surface area contributed by atoms with Gasteiger partial charge in [-0.2, -0.15) is 14.8 Å². The number of unbranched alkanes of at least 4 members (excludes halogenated alkanes) is 1. The van der Waals surface area contributed by atoms with Crippen LogP contribution in [0, 0.1) is 6.92 Å². The van der Waals surface area contributed by atoms with Gasteiger partial charge in [-0.15, -0.1) is 0 Å². The molecule has 15 heavy (non-hydrogen) atoms. The second kappa shape index (κ2) is 12.0. The van der Waals surface area contributed by atoms with Crippen molar-refractivity contribution in [2.45, 2.75) is 32.6 Å². The molecule has 0 spiro atoms. The topological polar surface area (TPSA) is 91.7 Å². The average molecular weight is 232 g/mol. The number of hydrogen-bond donors (Lipinski definition) is 2. The van der Waals surface area contributed by atoms with E-state index >= 15 is 0 Å². The maximum absolute atomic E-state index is 9.76. The second-order valence-electron chi connectivity index (χ2n) is 2.64. The van der Waals surface area contributed by atoms with Gasteiger partial charge in [0.2, 0.25) is 0 Å². The van der Waals surface area contributed by atoms with E-state index < -0.39 is 16.1 Å². The molecule has 0 saturated carbocycles. The molecule has 0 fully saturated rings. The number of aliphatic carboxylic acids is 1. The van der Waals surface area contributed by atoms with Gasteiger partial charge in [-0.25, -0.2) is 0 Å². The smallest absolute Gasteiger partial charge is 0.481 e. The van der Waals surface area contributed by atoms with Crippen molar-refractivity contribution >= 4 is 16.1 Å². The number of carboxylic acids is 1. The predicted molar refractivity (Wildman–Crippen MR) is 53.6 cm³/mol. The summed E-state index contributed by atoms with van der Waals surface area (Å²) in [5, 5.41) is 8.04. The molecule has 0 heterocycles. The molecular weight excluding hydrogens is 215 g/mol. The van der Waals surface area contributed by atoms with E-state index in [1.165, 1.54) is 0 Å². The fraction of sp³-hybridized carbons (Fsp3) is 0.750. The summed E-state index contributed by atoms with van der Waals surface area (Å²) in [6, 6.07) is 0. The number of carboxylic acid groups (broad SMARTS) is 1. The Morgan fingerprint density at radius 3 is 1.93 bits per heavy atom. The summed E-state index contributed by atoms with van der Waals surface area (Å²) in [6.07, 6.45) is 2.30. The van der Waals surface area contributed by atoms with Gasteiger partial charge in [0, 0.05) is 12.2 Å². The minimum Gasteiger partial charge on any atom is -0.481 e. The van der Waals surface area contributed by atoms with Gasteiger partial charge in [0.05, 0.1) is 0 Å². The number of rotatable bonds is 5. The largest absolute Gasteiger partial charge is 1.00 e. The van der Waals surface area contributed by atoms with Gasteiger partial charge in [-0.05, 0) is 6.42 Å². The van der Waals surface area contributed by atoms with Crippen LogP contribution in [0.4, 0.5) is 0 Å². The zero-order valence-electron chi connectivity index (χ0n) is 9.27. The van der Waals surface area contributed by atoms with Crippen molar-refractivity contribution in [2.75, 3.05) is 5.75 Å². The molecule has 0 unspecified atom stereocenters. The van der Waals surface area contributed by atoms with Crippen LogP contribution in [0.2, 0.25) is 0 Å². The summed E-state index contributed by atoms with van der Waals surface area (Å²) in [4.78, 5) is 9.76. The maximum atomic E-state index is 9.76. The van der Waals surface area contributed by atoms with Gasteiger partial charge in [-0.3, -0.25) is 9.35 Å². The Morgan fingerprint density at radius 2 is 1.87 bits per heavy atom. The third kappa shape index (κ3) is 31.5. The molecule has 0 aromatic rings. The van der Waals surface area contributed by atoms with E-state index in [1.807, 2.05) is 6.92 Å². The summed E-state index contributed by atoms with van der Waals surface area (Å²) >= 11 is 0. The van der Waals surface area contributed by atoms with E-state index in [0.29, 0.717) is 6.42 Å². The Balaban J connectivity index is -0.000000180. The second-order valence-corrected chi connectivity index (χ2v) is 4.21. The molecule has 0 aromatic carbocycles. The molecule has 0 aromatic heterocycles. The standard InChI is InChI=1S/C5H10O2.C3H7O3S.Li/c1-2-3-4-5(6)7;1-2-3-7(4,5)6;/h2-4H2,1H3,(H,6,7);1-3H2,(H,4,5,6);/q;-1;+1. The van der Waals surface area contributed by atoms with Crippen molar-refractivity contribution in [3.8, 4) is 0 Å². The Morgan fingerprint density at radius 1 is 1.40 bits per heavy atom. The number of hydrogen-bond acceptors (Lipinski definition) is 3. The molecule has 0 aliphatic rings. The molecule has 0 aliphatic carbocycles. The first kappa shape index (κ1) is 20.4. The molecule has 0 radical (unpaired) electrons. The summed E-state index contributed by atoms with van der Waals surface area (Å²) in [7, 11) is -3.74. The minimum absolute atomic E-state index is 0. The Kier molecular flexibility index (Phi) is 16.4. The van der Waals surface area contributed by atoms with Crippen molar-refractivity contribution in [3.63, 3.8) is 0 Å². The van der Waals surface area contributed by atoms with Crippen LogP contribution in [0.1, 0.15) is 32.6 Å². The van der Waals surface area contributed by atoms with Crippen LogP contribution in [0.15, 0.2) is 0 Å². The number of carbonyl (C=O) groups is 1. The first-order chi connectivity index (χ1) is 6.33. The molecule has 5 nitrogen and oxygen atoms in total. The van der Waals surface area contributed by atoms with Gasteiger partial charge in [0.25, 0.3) is 10.1 Å². The van der Waals surface area contributed by atoms with Crippen molar-refractivity contribution in [3.05, 3.63) is 6.92 Å². The van der Waals surface area contributed by atoms with Crippen LogP contribution >= 0.6 is 0 Å². The Labute approximate surface area is 103 Å². The van der Waals surface area contributed by atoms with E-state index in [9.17, 15) is 13.2 Å². The van der Waals surface area contributed by atoms with Crippen molar-refractivity contribution in [1.29, 1.82) is 0 Å².